The van der Waals surface area contributed by atoms with Crippen molar-refractivity contribution in [3.8, 4) is 22.6 Å². The van der Waals surface area contributed by atoms with Gasteiger partial charge in [0.15, 0.2) is 5.76 Å². The van der Waals surface area contributed by atoms with Crippen molar-refractivity contribution in [1.29, 1.82) is 0 Å². The first kappa shape index (κ1) is 18.2. The molecule has 3 aromatic heterocycles. The van der Waals surface area contributed by atoms with Gasteiger partial charge in [-0.1, -0.05) is 12.7 Å². The number of nitrogens with two attached hydrogens (primary N) is 1. The van der Waals surface area contributed by atoms with Gasteiger partial charge in [0, 0.05) is 23.5 Å². The van der Waals surface area contributed by atoms with Gasteiger partial charge in [0.1, 0.15) is 11.5 Å². The molecule has 0 unspecified atom stereocenters. The second kappa shape index (κ2) is 7.82. The monoisotopic (exact) mass is 376 g/mol. The van der Waals surface area contributed by atoms with Crippen molar-refractivity contribution < 1.29 is 4.42 Å². The molecule has 0 aromatic carbocycles. The van der Waals surface area contributed by atoms with E-state index >= 15 is 0 Å². The molecular weight excluding hydrogens is 352 g/mol. The van der Waals surface area contributed by atoms with Crippen molar-refractivity contribution in [2.75, 3.05) is 18.8 Å². The van der Waals surface area contributed by atoms with Gasteiger partial charge < -0.3 is 15.5 Å². The summed E-state index contributed by atoms with van der Waals surface area (Å²) in [6, 6.07) is 2.38. The summed E-state index contributed by atoms with van der Waals surface area (Å²) in [5.74, 6) is 1.45. The van der Waals surface area contributed by atoms with Crippen LogP contribution in [0.25, 0.3) is 34.7 Å². The molecule has 3 aromatic rings. The van der Waals surface area contributed by atoms with E-state index in [1.54, 1.807) is 12.3 Å². The average molecular weight is 376 g/mol. The Morgan fingerprint density at radius 3 is 2.86 bits per heavy atom. The molecule has 144 valence electrons. The van der Waals surface area contributed by atoms with E-state index in [0.717, 1.165) is 37.1 Å². The predicted molar refractivity (Wildman–Crippen MR) is 111 cm³/mol. The molecule has 0 saturated carbocycles. The lowest BCUT2D eigenvalue weighted by Gasteiger charge is -2.22. The first-order chi connectivity index (χ1) is 13.7. The van der Waals surface area contributed by atoms with Crippen LogP contribution in [0.3, 0.4) is 0 Å². The van der Waals surface area contributed by atoms with Gasteiger partial charge in [-0.2, -0.15) is 5.10 Å². The van der Waals surface area contributed by atoms with E-state index in [4.69, 9.17) is 10.2 Å². The van der Waals surface area contributed by atoms with Crippen LogP contribution in [0.4, 0.5) is 5.82 Å². The molecule has 0 aliphatic carbocycles. The molecule has 4 heterocycles. The van der Waals surface area contributed by atoms with E-state index in [9.17, 15) is 0 Å². The van der Waals surface area contributed by atoms with Crippen molar-refractivity contribution in [2.24, 2.45) is 0 Å². The van der Waals surface area contributed by atoms with Crippen molar-refractivity contribution in [3.63, 3.8) is 0 Å². The van der Waals surface area contributed by atoms with Gasteiger partial charge in [0.25, 0.3) is 0 Å². The molecular formula is C21H24N6O. The minimum absolute atomic E-state index is 0.374. The summed E-state index contributed by atoms with van der Waals surface area (Å²) in [7, 11) is 0. The highest BCUT2D eigenvalue weighted by atomic mass is 16.4. The minimum atomic E-state index is 0.374. The van der Waals surface area contributed by atoms with Gasteiger partial charge in [-0.25, -0.2) is 9.97 Å². The fourth-order valence-electron chi connectivity index (χ4n) is 3.44. The number of nitrogen functional groups attached to an aromatic ring is 1. The Morgan fingerprint density at radius 1 is 1.29 bits per heavy atom. The van der Waals surface area contributed by atoms with Gasteiger partial charge in [-0.05, 0) is 51.1 Å². The van der Waals surface area contributed by atoms with E-state index in [1.807, 2.05) is 31.3 Å². The van der Waals surface area contributed by atoms with E-state index in [1.165, 1.54) is 0 Å². The Morgan fingerprint density at radius 2 is 2.11 bits per heavy atom. The third-order valence-corrected chi connectivity index (χ3v) is 4.96. The molecule has 0 radical (unpaired) electrons. The summed E-state index contributed by atoms with van der Waals surface area (Å²) in [5, 5.41) is 7.95. The standard InChI is InChI=1S/C21H24N6O/c1-3-5-19-18(4-2)26-21(28-19)17-10-14(11-24-20(17)22)15-12-25-27(13-15)16-6-8-23-9-7-16/h3-5,10-13,16,23H,2,6-9H2,1H3,(H2,22,24)/b5-3-. The zero-order chi connectivity index (χ0) is 19.5. The zero-order valence-electron chi connectivity index (χ0n) is 15.9. The number of hydrogen-bond donors (Lipinski definition) is 2. The molecule has 0 spiro atoms. The van der Waals surface area contributed by atoms with E-state index in [2.05, 4.69) is 37.8 Å². The molecule has 1 fully saturated rings. The van der Waals surface area contributed by atoms with Crippen LogP contribution in [-0.4, -0.2) is 32.8 Å². The Balaban J connectivity index is 1.68. The lowest BCUT2D eigenvalue weighted by molar-refractivity contribution is 0.343. The topological polar surface area (TPSA) is 94.8 Å². The van der Waals surface area contributed by atoms with Crippen LogP contribution in [0.1, 0.15) is 37.3 Å². The molecule has 7 nitrogen and oxygen atoms in total. The molecule has 1 saturated heterocycles. The van der Waals surface area contributed by atoms with Crippen LogP contribution < -0.4 is 11.1 Å². The van der Waals surface area contributed by atoms with Gasteiger partial charge in [0.05, 0.1) is 17.8 Å². The second-order valence-electron chi connectivity index (χ2n) is 6.82. The Bertz CT molecular complexity index is 1010. The summed E-state index contributed by atoms with van der Waals surface area (Å²) in [4.78, 5) is 8.86. The summed E-state index contributed by atoms with van der Waals surface area (Å²) >= 11 is 0. The maximum absolute atomic E-state index is 6.11. The third kappa shape index (κ3) is 3.48. The zero-order valence-corrected chi connectivity index (χ0v) is 15.9. The van der Waals surface area contributed by atoms with Crippen LogP contribution in [0.2, 0.25) is 0 Å². The first-order valence-corrected chi connectivity index (χ1v) is 9.46. The number of allylic oxidation sites excluding steroid dienone is 1. The number of oxazole rings is 1. The predicted octanol–water partition coefficient (Wildman–Crippen LogP) is 3.78. The highest BCUT2D eigenvalue weighted by molar-refractivity contribution is 5.76. The highest BCUT2D eigenvalue weighted by Gasteiger charge is 2.18. The lowest BCUT2D eigenvalue weighted by atomic mass is 10.1. The minimum Gasteiger partial charge on any atom is -0.436 e. The maximum Gasteiger partial charge on any atom is 0.231 e. The number of nitrogens with zero attached hydrogens (tertiary/aromatic N) is 4. The lowest BCUT2D eigenvalue weighted by Crippen LogP contribution is -2.29. The number of pyridine rings is 1. The number of nitrogens with one attached hydrogen (secondary N) is 1. The summed E-state index contributed by atoms with van der Waals surface area (Å²) < 4.78 is 7.94. The molecule has 0 amide bonds. The van der Waals surface area contributed by atoms with Crippen LogP contribution in [0.5, 0.6) is 0 Å². The van der Waals surface area contributed by atoms with Crippen LogP contribution >= 0.6 is 0 Å². The SMILES string of the molecule is C=Cc1nc(-c2cc(-c3cnn(C4CCNCC4)c3)cnc2N)oc1/C=C\C. The van der Waals surface area contributed by atoms with Crippen molar-refractivity contribution in [1.82, 2.24) is 25.1 Å². The molecule has 3 N–H and O–H groups in total. The summed E-state index contributed by atoms with van der Waals surface area (Å²) in [6.07, 6.45) is 13.3. The van der Waals surface area contributed by atoms with Gasteiger partial charge in [0.2, 0.25) is 5.89 Å². The first-order valence-electron chi connectivity index (χ1n) is 9.46. The third-order valence-electron chi connectivity index (χ3n) is 4.96. The average Bonchev–Trinajstić information content (AvgIpc) is 3.37. The molecule has 0 atom stereocenters. The van der Waals surface area contributed by atoms with Crippen LogP contribution in [-0.2, 0) is 0 Å². The highest BCUT2D eigenvalue weighted by Crippen LogP contribution is 2.31. The van der Waals surface area contributed by atoms with Crippen molar-refractivity contribution >= 4 is 18.0 Å². The van der Waals surface area contributed by atoms with E-state index < -0.39 is 0 Å². The summed E-state index contributed by atoms with van der Waals surface area (Å²) in [6.45, 7) is 7.77. The molecule has 1 aliphatic rings. The number of aromatic nitrogens is 4. The van der Waals surface area contributed by atoms with Crippen molar-refractivity contribution in [2.45, 2.75) is 25.8 Å². The molecule has 28 heavy (non-hydrogen) atoms. The van der Waals surface area contributed by atoms with Gasteiger partial charge in [-0.15, -0.1) is 0 Å². The maximum atomic E-state index is 6.11. The Kier molecular flexibility index (Phi) is 5.08. The van der Waals surface area contributed by atoms with Gasteiger partial charge in [-0.3, -0.25) is 4.68 Å². The fraction of sp³-hybridized carbons (Fsp3) is 0.286. The largest absolute Gasteiger partial charge is 0.436 e. The van der Waals surface area contributed by atoms with E-state index in [0.29, 0.717) is 34.8 Å². The smallest absolute Gasteiger partial charge is 0.231 e. The number of rotatable bonds is 5. The molecule has 4 rings (SSSR count). The summed E-state index contributed by atoms with van der Waals surface area (Å²) in [5.41, 5.74) is 9.37. The second-order valence-corrected chi connectivity index (χ2v) is 6.82. The van der Waals surface area contributed by atoms with Crippen LogP contribution in [0.15, 0.2) is 41.7 Å². The Labute approximate surface area is 164 Å². The quantitative estimate of drug-likeness (QED) is 0.704. The number of piperidine rings is 1. The molecule has 7 heteroatoms. The number of hydrogen-bond acceptors (Lipinski definition) is 6. The van der Waals surface area contributed by atoms with E-state index in [-0.39, 0.29) is 0 Å². The molecule has 0 bridgehead atoms. The number of anilines is 1. The van der Waals surface area contributed by atoms with Crippen LogP contribution in [0, 0.1) is 0 Å². The van der Waals surface area contributed by atoms with Gasteiger partial charge >= 0.3 is 0 Å². The Hall–Kier alpha value is -3.19. The normalized spacial score (nSPS) is 15.3. The van der Waals surface area contributed by atoms with Crippen molar-refractivity contribution in [3.05, 3.63) is 48.8 Å². The fourth-order valence-corrected chi connectivity index (χ4v) is 3.44. The molecule has 1 aliphatic heterocycles.